The number of aliphatic imine (C=N–C) groups is 1. The molecule has 2 saturated heterocycles. The molecule has 2 unspecified atom stereocenters. The van der Waals surface area contributed by atoms with E-state index in [0.29, 0.717) is 36.2 Å². The molecule has 0 radical (unpaired) electrons. The predicted molar refractivity (Wildman–Crippen MR) is 128 cm³/mol. The summed E-state index contributed by atoms with van der Waals surface area (Å²) in [5.41, 5.74) is 0.818. The van der Waals surface area contributed by atoms with Crippen molar-refractivity contribution in [3.8, 4) is 17.6 Å². The van der Waals surface area contributed by atoms with Crippen LogP contribution in [0.25, 0.3) is 0 Å². The average Bonchev–Trinajstić information content (AvgIpc) is 3.26. The molecule has 0 aromatic heterocycles. The number of hydrogen-bond acceptors (Lipinski definition) is 8. The molecule has 0 bridgehead atoms. The Bertz CT molecular complexity index is 1120. The summed E-state index contributed by atoms with van der Waals surface area (Å²) in [5, 5.41) is 12.6. The SMILES string of the molecule is C=CCN1C(=NC=C(C#N)C(=O)NCCc2ccc(OC)c(OC)c2)SC2CS(=O)(=O)CC21. The third kappa shape index (κ3) is 5.89. The van der Waals surface area contributed by atoms with Gasteiger partial charge in [0.05, 0.1) is 38.0 Å². The van der Waals surface area contributed by atoms with E-state index in [9.17, 15) is 18.5 Å². The number of nitriles is 1. The first kappa shape index (κ1) is 24.7. The summed E-state index contributed by atoms with van der Waals surface area (Å²) in [6, 6.07) is 7.21. The predicted octanol–water partition coefficient (Wildman–Crippen LogP) is 1.53. The lowest BCUT2D eigenvalue weighted by atomic mass is 10.1. The zero-order chi connectivity index (χ0) is 24.0. The molecule has 0 aliphatic carbocycles. The number of methoxy groups -OCH3 is 2. The molecule has 2 heterocycles. The molecular weight excluding hydrogens is 464 g/mol. The number of ether oxygens (including phenoxy) is 2. The normalized spacial score (nSPS) is 22.5. The van der Waals surface area contributed by atoms with Gasteiger partial charge in [0, 0.05) is 18.3 Å². The highest BCUT2D eigenvalue weighted by molar-refractivity contribution is 8.15. The zero-order valence-corrected chi connectivity index (χ0v) is 20.1. The Hall–Kier alpha value is -2.97. The van der Waals surface area contributed by atoms with Crippen LogP contribution in [0.3, 0.4) is 0 Å². The number of hydrogen-bond donors (Lipinski definition) is 1. The minimum absolute atomic E-state index is 0.0724. The summed E-state index contributed by atoms with van der Waals surface area (Å²) < 4.78 is 34.4. The highest BCUT2D eigenvalue weighted by Crippen LogP contribution is 2.38. The maximum Gasteiger partial charge on any atom is 0.263 e. The molecule has 1 aromatic carbocycles. The van der Waals surface area contributed by atoms with Crippen molar-refractivity contribution in [1.82, 2.24) is 10.2 Å². The van der Waals surface area contributed by atoms with Crippen LogP contribution < -0.4 is 14.8 Å². The summed E-state index contributed by atoms with van der Waals surface area (Å²) in [6.45, 7) is 4.49. The van der Waals surface area contributed by atoms with Gasteiger partial charge in [0.2, 0.25) is 0 Å². The smallest absolute Gasteiger partial charge is 0.263 e. The van der Waals surface area contributed by atoms with Crippen LogP contribution in [-0.2, 0) is 21.1 Å². The fourth-order valence-corrected chi connectivity index (χ4v) is 7.65. The molecule has 33 heavy (non-hydrogen) atoms. The standard InChI is InChI=1S/C22H26N4O5S2/c1-4-9-26-17-13-33(28,29)14-20(17)32-22(26)25-12-16(11-23)21(27)24-8-7-15-5-6-18(30-2)19(10-15)31-3/h4-6,10,12,17,20H,1,7-9,13-14H2,2-3H3,(H,24,27). The number of carbonyl (C=O) groups is 1. The van der Waals surface area contributed by atoms with Gasteiger partial charge in [-0.2, -0.15) is 5.26 Å². The number of thioether (sulfide) groups is 1. The van der Waals surface area contributed by atoms with Gasteiger partial charge in [-0.15, -0.1) is 6.58 Å². The van der Waals surface area contributed by atoms with Crippen molar-refractivity contribution in [2.45, 2.75) is 17.7 Å². The van der Waals surface area contributed by atoms with E-state index >= 15 is 0 Å². The molecule has 2 aliphatic rings. The van der Waals surface area contributed by atoms with Crippen LogP contribution in [0.1, 0.15) is 5.56 Å². The largest absolute Gasteiger partial charge is 0.493 e. The van der Waals surface area contributed by atoms with E-state index in [1.807, 2.05) is 23.1 Å². The topological polar surface area (TPSA) is 121 Å². The van der Waals surface area contributed by atoms with Gasteiger partial charge in [-0.3, -0.25) is 4.79 Å². The van der Waals surface area contributed by atoms with Gasteiger partial charge < -0.3 is 19.7 Å². The van der Waals surface area contributed by atoms with E-state index in [1.54, 1.807) is 26.4 Å². The van der Waals surface area contributed by atoms with Crippen LogP contribution in [0.4, 0.5) is 0 Å². The molecule has 11 heteroatoms. The van der Waals surface area contributed by atoms with Crippen LogP contribution in [0.15, 0.2) is 47.6 Å². The van der Waals surface area contributed by atoms with Gasteiger partial charge in [-0.1, -0.05) is 23.9 Å². The molecule has 2 fully saturated rings. The number of amides is 1. The first-order valence-electron chi connectivity index (χ1n) is 10.2. The van der Waals surface area contributed by atoms with Crippen LogP contribution in [-0.4, -0.2) is 74.5 Å². The average molecular weight is 491 g/mol. The molecule has 9 nitrogen and oxygen atoms in total. The Morgan fingerprint density at radius 3 is 2.79 bits per heavy atom. The van der Waals surface area contributed by atoms with E-state index in [0.717, 1.165) is 5.56 Å². The molecule has 2 atom stereocenters. The molecular formula is C22H26N4O5S2. The van der Waals surface area contributed by atoms with E-state index in [1.165, 1.54) is 18.0 Å². The summed E-state index contributed by atoms with van der Waals surface area (Å²) in [4.78, 5) is 18.7. The Morgan fingerprint density at radius 2 is 2.12 bits per heavy atom. The van der Waals surface area contributed by atoms with Crippen LogP contribution >= 0.6 is 11.8 Å². The maximum atomic E-state index is 12.4. The Balaban J connectivity index is 1.63. The fourth-order valence-electron chi connectivity index (χ4n) is 3.71. The van der Waals surface area contributed by atoms with Crippen molar-refractivity contribution in [2.24, 2.45) is 4.99 Å². The zero-order valence-electron chi connectivity index (χ0n) is 18.5. The van der Waals surface area contributed by atoms with Gasteiger partial charge in [0.15, 0.2) is 26.5 Å². The van der Waals surface area contributed by atoms with Crippen LogP contribution in [0, 0.1) is 11.3 Å². The minimum Gasteiger partial charge on any atom is -0.493 e. The maximum absolute atomic E-state index is 12.4. The number of amidine groups is 1. The summed E-state index contributed by atoms with van der Waals surface area (Å²) in [7, 11) is 0.0469. The molecule has 1 N–H and O–H groups in total. The third-order valence-electron chi connectivity index (χ3n) is 5.32. The van der Waals surface area contributed by atoms with Crippen molar-refractivity contribution < 1.29 is 22.7 Å². The second-order valence-corrected chi connectivity index (χ2v) is 10.9. The fraction of sp³-hybridized carbons (Fsp3) is 0.409. The van der Waals surface area contributed by atoms with Crippen molar-refractivity contribution in [1.29, 1.82) is 5.26 Å². The Kier molecular flexibility index (Phi) is 8.05. The molecule has 176 valence electrons. The van der Waals surface area contributed by atoms with Crippen LogP contribution in [0.2, 0.25) is 0 Å². The molecule has 3 rings (SSSR count). The van der Waals surface area contributed by atoms with Gasteiger partial charge >= 0.3 is 0 Å². The lowest BCUT2D eigenvalue weighted by molar-refractivity contribution is -0.117. The number of fused-ring (bicyclic) bond motifs is 1. The molecule has 2 aliphatic heterocycles. The summed E-state index contributed by atoms with van der Waals surface area (Å²) in [5.74, 6) is 0.869. The summed E-state index contributed by atoms with van der Waals surface area (Å²) in [6.07, 6.45) is 3.46. The third-order valence-corrected chi connectivity index (χ3v) is 8.58. The van der Waals surface area contributed by atoms with Crippen molar-refractivity contribution >= 4 is 32.7 Å². The lowest BCUT2D eigenvalue weighted by Gasteiger charge is -2.22. The van der Waals surface area contributed by atoms with Gasteiger partial charge in [-0.05, 0) is 24.1 Å². The number of carbonyl (C=O) groups excluding carboxylic acids is 1. The number of nitrogens with zero attached hydrogens (tertiary/aromatic N) is 3. The van der Waals surface area contributed by atoms with Crippen molar-refractivity contribution in [3.63, 3.8) is 0 Å². The first-order chi connectivity index (χ1) is 15.8. The quantitative estimate of drug-likeness (QED) is 0.314. The van der Waals surface area contributed by atoms with Gasteiger partial charge in [0.1, 0.15) is 11.6 Å². The number of rotatable bonds is 9. The van der Waals surface area contributed by atoms with E-state index in [4.69, 9.17) is 9.47 Å². The van der Waals surface area contributed by atoms with E-state index in [2.05, 4.69) is 16.9 Å². The van der Waals surface area contributed by atoms with Crippen LogP contribution in [0.5, 0.6) is 11.5 Å². The van der Waals surface area contributed by atoms with Crippen molar-refractivity contribution in [3.05, 3.63) is 48.2 Å². The minimum atomic E-state index is -3.07. The number of nitrogens with one attached hydrogen (secondary N) is 1. The monoisotopic (exact) mass is 490 g/mol. The second kappa shape index (κ2) is 10.8. The highest BCUT2D eigenvalue weighted by Gasteiger charge is 2.48. The number of sulfone groups is 1. The first-order valence-corrected chi connectivity index (χ1v) is 12.9. The second-order valence-electron chi connectivity index (χ2n) is 7.50. The lowest BCUT2D eigenvalue weighted by Crippen LogP contribution is -2.37. The number of benzene rings is 1. The molecule has 1 amide bonds. The van der Waals surface area contributed by atoms with Crippen molar-refractivity contribution in [2.75, 3.05) is 38.8 Å². The van der Waals surface area contributed by atoms with Gasteiger partial charge in [-0.25, -0.2) is 13.4 Å². The molecule has 0 saturated carbocycles. The Morgan fingerprint density at radius 1 is 1.36 bits per heavy atom. The van der Waals surface area contributed by atoms with Gasteiger partial charge in [0.25, 0.3) is 5.91 Å². The molecule has 1 aromatic rings. The Labute approximate surface area is 198 Å². The van der Waals surface area contributed by atoms with E-state index < -0.39 is 15.7 Å². The molecule has 0 spiro atoms. The highest BCUT2D eigenvalue weighted by atomic mass is 32.2. The van der Waals surface area contributed by atoms with E-state index in [-0.39, 0.29) is 28.4 Å². The summed E-state index contributed by atoms with van der Waals surface area (Å²) >= 11 is 1.36.